The van der Waals surface area contributed by atoms with Gasteiger partial charge < -0.3 is 23.0 Å². The van der Waals surface area contributed by atoms with Gasteiger partial charge in [-0.05, 0) is 53.3 Å². The Balaban J connectivity index is 0.00000342. The van der Waals surface area contributed by atoms with Gasteiger partial charge in [0.25, 0.3) is 0 Å². The molecule has 3 aromatic rings. The number of azide groups is 1. The van der Waals surface area contributed by atoms with Gasteiger partial charge in [0.1, 0.15) is 6.61 Å². The van der Waals surface area contributed by atoms with E-state index in [-0.39, 0.29) is 92.8 Å². The zero-order valence-corrected chi connectivity index (χ0v) is 22.7. The van der Waals surface area contributed by atoms with Crippen molar-refractivity contribution in [3.63, 3.8) is 0 Å². The number of hydrogen-bond donors (Lipinski definition) is 1. The van der Waals surface area contributed by atoms with E-state index in [0.29, 0.717) is 0 Å². The van der Waals surface area contributed by atoms with Gasteiger partial charge in [0.2, 0.25) is 0 Å². The first-order chi connectivity index (χ1) is 16.2. The third-order valence-corrected chi connectivity index (χ3v) is 6.23. The maximum Gasteiger partial charge on any atom is 1.00 e. The average molecular weight is 504 g/mol. The maximum absolute atomic E-state index is 13.7. The summed E-state index contributed by atoms with van der Waals surface area (Å²) >= 11 is 0. The Labute approximate surface area is 243 Å². The molecule has 1 aliphatic rings. The summed E-state index contributed by atoms with van der Waals surface area (Å²) in [6, 6.07) is 17.2. The van der Waals surface area contributed by atoms with Gasteiger partial charge in [-0.15, -0.1) is 5.46 Å². The summed E-state index contributed by atoms with van der Waals surface area (Å²) in [4.78, 5) is 15.1. The Bertz CT molecular complexity index is 1280. The van der Waals surface area contributed by atoms with E-state index >= 15 is 0 Å². The molecule has 0 saturated carbocycles. The molecule has 35 heavy (non-hydrogen) atoms. The number of alkyl carbamates (subject to hydrolysis) is 1. The fraction of sp³-hybridized carbons (Fsp3) is 0.208. The van der Waals surface area contributed by atoms with Crippen molar-refractivity contribution in [3.05, 3.63) is 92.9 Å². The van der Waals surface area contributed by atoms with Crippen molar-refractivity contribution in [2.75, 3.05) is 6.61 Å². The molecule has 0 fully saturated rings. The van der Waals surface area contributed by atoms with Crippen LogP contribution < -0.4 is 62.2 Å². The van der Waals surface area contributed by atoms with Crippen molar-refractivity contribution < 1.29 is 73.9 Å². The van der Waals surface area contributed by atoms with Crippen LogP contribution in [0.4, 0.5) is 23.4 Å². The van der Waals surface area contributed by atoms with Crippen LogP contribution in [-0.4, -0.2) is 19.7 Å². The van der Waals surface area contributed by atoms with E-state index < -0.39 is 18.5 Å². The third kappa shape index (κ3) is 5.61. The van der Waals surface area contributed by atoms with Crippen LogP contribution in [0.1, 0.15) is 33.7 Å². The molecule has 3 aromatic carbocycles. The van der Waals surface area contributed by atoms with E-state index in [1.54, 1.807) is 0 Å². The number of nitrogens with one attached hydrogen (secondary N) is 1. The molecule has 4 rings (SSSR count). The number of carbonyl (C=O) groups is 1. The molecule has 174 valence electrons. The second kappa shape index (κ2) is 11.2. The van der Waals surface area contributed by atoms with Crippen LogP contribution in [0.3, 0.4) is 0 Å². The van der Waals surface area contributed by atoms with Crippen molar-refractivity contribution in [1.29, 1.82) is 0 Å². The Morgan fingerprint density at radius 1 is 1.06 bits per heavy atom. The fourth-order valence-corrected chi connectivity index (χ4v) is 4.62. The van der Waals surface area contributed by atoms with Crippen molar-refractivity contribution in [1.82, 2.24) is 5.32 Å². The molecule has 0 radical (unpaired) electrons. The molecule has 0 unspecified atom stereocenters. The van der Waals surface area contributed by atoms with Crippen LogP contribution in [0.25, 0.3) is 21.6 Å². The minimum atomic E-state index is -5.34. The van der Waals surface area contributed by atoms with Gasteiger partial charge in [-0.25, -0.2) is 4.79 Å². The maximum atomic E-state index is 13.7. The van der Waals surface area contributed by atoms with Crippen molar-refractivity contribution >= 4 is 24.2 Å². The van der Waals surface area contributed by atoms with Gasteiger partial charge in [0.05, 0.1) is 0 Å². The summed E-state index contributed by atoms with van der Waals surface area (Å²) < 4.78 is 46.4. The van der Waals surface area contributed by atoms with E-state index in [0.717, 1.165) is 22.3 Å². The van der Waals surface area contributed by atoms with Crippen molar-refractivity contribution in [2.24, 2.45) is 5.11 Å². The molecule has 0 atom stereocenters. The van der Waals surface area contributed by atoms with Gasteiger partial charge >= 0.3 is 64.5 Å². The molecule has 0 bridgehead atoms. The predicted molar refractivity (Wildman–Crippen MR) is 125 cm³/mol. The summed E-state index contributed by atoms with van der Waals surface area (Å²) in [6.07, 6.45) is -0.744. The quantitative estimate of drug-likeness (QED) is 0.242. The second-order valence-corrected chi connectivity index (χ2v) is 8.16. The SMILES string of the molecule is Cc1c(CNC(=O)OCC2c3ccccc3-c3ccccc32)cc(N=[N+]=[N-])c(C)c1[B-](F)(F)F.[K+]. The zero-order valence-electron chi connectivity index (χ0n) is 19.6. The van der Waals surface area contributed by atoms with Crippen LogP contribution in [0, 0.1) is 13.8 Å². The second-order valence-electron chi connectivity index (χ2n) is 8.16. The molecule has 0 aliphatic heterocycles. The molecule has 1 N–H and O–H groups in total. The monoisotopic (exact) mass is 504 g/mol. The van der Waals surface area contributed by atoms with Gasteiger partial charge in [0, 0.05) is 23.1 Å². The number of halogens is 3. The Morgan fingerprint density at radius 2 is 1.63 bits per heavy atom. The number of ether oxygens (including phenoxy) is 1. The molecule has 0 spiro atoms. The number of hydrogen-bond acceptors (Lipinski definition) is 3. The van der Waals surface area contributed by atoms with Crippen molar-refractivity contribution in [2.45, 2.75) is 26.3 Å². The zero-order chi connectivity index (χ0) is 24.5. The van der Waals surface area contributed by atoms with E-state index in [4.69, 9.17) is 10.3 Å². The smallest absolute Gasteiger partial charge is 0.449 e. The minimum absolute atomic E-state index is 0. The minimum Gasteiger partial charge on any atom is -0.449 e. The molecule has 0 saturated heterocycles. The van der Waals surface area contributed by atoms with E-state index in [2.05, 4.69) is 15.3 Å². The number of fused-ring (bicyclic) bond motifs is 3. The topological polar surface area (TPSA) is 87.1 Å². The Kier molecular flexibility index (Phi) is 8.74. The third-order valence-electron chi connectivity index (χ3n) is 6.23. The van der Waals surface area contributed by atoms with Crippen LogP contribution in [-0.2, 0) is 11.3 Å². The molecule has 0 aromatic heterocycles. The Hall–Kier alpha value is -2.27. The van der Waals surface area contributed by atoms with E-state index in [1.807, 2.05) is 48.5 Å². The van der Waals surface area contributed by atoms with Gasteiger partial charge in [-0.2, -0.15) is 0 Å². The van der Waals surface area contributed by atoms with Gasteiger partial charge in [-0.3, -0.25) is 0 Å². The number of amides is 1. The molecule has 1 amide bonds. The average Bonchev–Trinajstić information content (AvgIpc) is 3.12. The van der Waals surface area contributed by atoms with E-state index in [9.17, 15) is 17.7 Å². The van der Waals surface area contributed by atoms with Gasteiger partial charge in [0.15, 0.2) is 0 Å². The van der Waals surface area contributed by atoms with Crippen LogP contribution >= 0.6 is 0 Å². The first kappa shape index (κ1) is 27.3. The Morgan fingerprint density at radius 3 is 2.17 bits per heavy atom. The summed E-state index contributed by atoms with van der Waals surface area (Å²) in [7, 11) is 0. The fourth-order valence-electron chi connectivity index (χ4n) is 4.62. The molecular weight excluding hydrogens is 483 g/mol. The summed E-state index contributed by atoms with van der Waals surface area (Å²) in [5.41, 5.74) is 12.2. The predicted octanol–water partition coefficient (Wildman–Crippen LogP) is 3.34. The normalized spacial score (nSPS) is 12.1. The van der Waals surface area contributed by atoms with Crippen molar-refractivity contribution in [3.8, 4) is 11.1 Å². The van der Waals surface area contributed by atoms with Crippen LogP contribution in [0.15, 0.2) is 59.7 Å². The standard InChI is InChI=1S/C24H21BF3N4O2.K/c1-14-16(11-22(31-32-29)15(2)23(14)25(26,27)28)12-30-24(33)34-13-21-19-9-5-3-7-17(19)18-8-4-6-10-20(18)21;/h3-11,21H,12-13H2,1-2H3,(H,30,33);/q-1;+1. The summed E-state index contributed by atoms with van der Waals surface area (Å²) in [5.74, 6) is -0.129. The molecule has 6 nitrogen and oxygen atoms in total. The summed E-state index contributed by atoms with van der Waals surface area (Å²) in [5, 5.41) is 5.91. The first-order valence-corrected chi connectivity index (χ1v) is 10.7. The number of carbonyl (C=O) groups excluding carboxylic acids is 1. The molecule has 11 heteroatoms. The molecular formula is C24H21BF3KN4O2. The molecule has 0 heterocycles. The van der Waals surface area contributed by atoms with Crippen LogP contribution in [0.5, 0.6) is 0 Å². The van der Waals surface area contributed by atoms with Gasteiger partial charge in [-0.1, -0.05) is 64.8 Å². The van der Waals surface area contributed by atoms with E-state index in [1.165, 1.54) is 19.9 Å². The number of nitrogens with zero attached hydrogens (tertiary/aromatic N) is 3. The first-order valence-electron chi connectivity index (χ1n) is 10.7. The number of benzene rings is 3. The largest absolute Gasteiger partial charge is 1.00 e. The number of rotatable bonds is 6. The molecule has 1 aliphatic carbocycles. The van der Waals surface area contributed by atoms with Crippen LogP contribution in [0.2, 0.25) is 0 Å². The summed E-state index contributed by atoms with van der Waals surface area (Å²) in [6.45, 7) is -2.84.